The minimum absolute atomic E-state index is 0.115. The first-order valence-corrected chi connectivity index (χ1v) is 17.4. The Morgan fingerprint density at radius 3 is 1.41 bits per heavy atom. The van der Waals surface area contributed by atoms with Crippen LogP contribution in [0.5, 0.6) is 0 Å². The summed E-state index contributed by atoms with van der Waals surface area (Å²) in [6.07, 6.45) is 0. The van der Waals surface area contributed by atoms with Crippen molar-refractivity contribution in [1.29, 1.82) is 0 Å². The summed E-state index contributed by atoms with van der Waals surface area (Å²) in [7, 11) is 31.6. The molecule has 2 aromatic heterocycles. The maximum Gasteiger partial charge on any atom is 0.164 e. The van der Waals surface area contributed by atoms with Gasteiger partial charge >= 0.3 is 0 Å². The third-order valence-corrected chi connectivity index (χ3v) is 9.87. The zero-order valence-corrected chi connectivity index (χ0v) is 29.0. The standard InChI is InChI=1S/C45H24B5N3O/c46-38-37(39(47)41(49)42(50)40(38)48)45-52-43(30-10-5-2-6-11-30)51-44(53-45)32-12-7-13-35-36(32)33-24-31(22-23-34(33)54-35)29-20-18-28(19-21-29)27-16-14-26(15-17-27)25-8-3-1-4-9-25/h1-24H. The number of nitrogens with zero attached hydrogens (tertiary/aromatic N) is 3. The van der Waals surface area contributed by atoms with Gasteiger partial charge in [-0.3, -0.25) is 0 Å². The fraction of sp³-hybridized carbons (Fsp3) is 0. The summed E-state index contributed by atoms with van der Waals surface area (Å²) in [4.78, 5) is 14.7. The van der Waals surface area contributed by atoms with Crippen LogP contribution in [0, 0.1) is 0 Å². The predicted molar refractivity (Wildman–Crippen MR) is 227 cm³/mol. The smallest absolute Gasteiger partial charge is 0.164 e. The van der Waals surface area contributed by atoms with Crippen molar-refractivity contribution in [3.63, 3.8) is 0 Å². The van der Waals surface area contributed by atoms with E-state index in [2.05, 4.69) is 84.9 Å². The van der Waals surface area contributed by atoms with Gasteiger partial charge in [-0.2, -0.15) is 0 Å². The van der Waals surface area contributed by atoms with E-state index in [1.54, 1.807) is 0 Å². The number of benzene rings is 7. The van der Waals surface area contributed by atoms with Crippen LogP contribution in [-0.2, 0) is 0 Å². The first-order valence-electron chi connectivity index (χ1n) is 17.4. The zero-order valence-electron chi connectivity index (χ0n) is 29.0. The van der Waals surface area contributed by atoms with Gasteiger partial charge in [0, 0.05) is 27.5 Å². The molecule has 0 aliphatic heterocycles. The molecule has 0 amide bonds. The van der Waals surface area contributed by atoms with E-state index >= 15 is 0 Å². The Morgan fingerprint density at radius 2 is 0.815 bits per heavy atom. The third-order valence-electron chi connectivity index (χ3n) is 9.87. The van der Waals surface area contributed by atoms with Gasteiger partial charge in [-0.25, -0.2) is 15.0 Å². The number of rotatable bonds is 6. The fourth-order valence-corrected chi connectivity index (χ4v) is 6.95. The highest BCUT2D eigenvalue weighted by Crippen LogP contribution is 2.38. The highest BCUT2D eigenvalue weighted by atomic mass is 16.3. The summed E-state index contributed by atoms with van der Waals surface area (Å²) < 4.78 is 6.38. The van der Waals surface area contributed by atoms with Gasteiger partial charge in [-0.05, 0) is 51.6 Å². The van der Waals surface area contributed by atoms with Gasteiger partial charge in [0.05, 0.1) is 0 Å². The summed E-state index contributed by atoms with van der Waals surface area (Å²) in [5.41, 5.74) is 10.7. The van der Waals surface area contributed by atoms with Crippen molar-refractivity contribution < 1.29 is 4.42 Å². The molecule has 10 radical (unpaired) electrons. The molecule has 0 saturated heterocycles. The summed E-state index contributed by atoms with van der Waals surface area (Å²) >= 11 is 0. The highest BCUT2D eigenvalue weighted by Gasteiger charge is 2.21. The Hall–Kier alpha value is -6.33. The Morgan fingerprint density at radius 1 is 0.352 bits per heavy atom. The first-order chi connectivity index (χ1) is 26.3. The van der Waals surface area contributed by atoms with Crippen molar-refractivity contribution in [1.82, 2.24) is 15.0 Å². The third kappa shape index (κ3) is 5.86. The molecule has 9 heteroatoms. The van der Waals surface area contributed by atoms with Crippen molar-refractivity contribution in [3.05, 3.63) is 146 Å². The predicted octanol–water partition coefficient (Wildman–Crippen LogP) is 5.74. The normalized spacial score (nSPS) is 11.3. The van der Waals surface area contributed by atoms with Crippen molar-refractivity contribution >= 4 is 88.5 Å². The Balaban J connectivity index is 1.15. The summed E-state index contributed by atoms with van der Waals surface area (Å²) in [6.45, 7) is 0. The molecule has 4 nitrogen and oxygen atoms in total. The van der Waals surface area contributed by atoms with Crippen molar-refractivity contribution in [2.45, 2.75) is 0 Å². The minimum Gasteiger partial charge on any atom is -0.456 e. The van der Waals surface area contributed by atoms with Crippen LogP contribution < -0.4 is 27.3 Å². The molecular weight excluding hydrogens is 653 g/mol. The molecule has 0 aliphatic carbocycles. The lowest BCUT2D eigenvalue weighted by molar-refractivity contribution is 0.669. The molecule has 0 bridgehead atoms. The largest absolute Gasteiger partial charge is 0.456 e. The molecule has 9 aromatic rings. The van der Waals surface area contributed by atoms with Crippen molar-refractivity contribution in [2.24, 2.45) is 0 Å². The average molecular weight is 677 g/mol. The number of fused-ring (bicyclic) bond motifs is 3. The van der Waals surface area contributed by atoms with E-state index in [4.69, 9.17) is 58.6 Å². The molecule has 0 aliphatic rings. The van der Waals surface area contributed by atoms with E-state index in [9.17, 15) is 0 Å². The van der Waals surface area contributed by atoms with E-state index in [0.717, 1.165) is 49.7 Å². The number of hydrogen-bond acceptors (Lipinski definition) is 4. The van der Waals surface area contributed by atoms with E-state index in [1.807, 2.05) is 60.7 Å². The number of hydrogen-bond donors (Lipinski definition) is 0. The average Bonchev–Trinajstić information content (AvgIpc) is 3.61. The Labute approximate surface area is 319 Å². The lowest BCUT2D eigenvalue weighted by Crippen LogP contribution is -2.55. The maximum absolute atomic E-state index is 6.50. The molecule has 7 aromatic carbocycles. The van der Waals surface area contributed by atoms with Gasteiger partial charge in [-0.15, -0.1) is 16.4 Å². The quantitative estimate of drug-likeness (QED) is 0.211. The van der Waals surface area contributed by atoms with Crippen LogP contribution in [-0.4, -0.2) is 54.2 Å². The van der Waals surface area contributed by atoms with Crippen LogP contribution in [0.1, 0.15) is 0 Å². The van der Waals surface area contributed by atoms with E-state index < -0.39 is 0 Å². The first kappa shape index (κ1) is 33.5. The highest BCUT2D eigenvalue weighted by molar-refractivity contribution is 6.68. The summed E-state index contributed by atoms with van der Waals surface area (Å²) in [5, 5.41) is 1.78. The van der Waals surface area contributed by atoms with Gasteiger partial charge in [0.15, 0.2) is 17.5 Å². The van der Waals surface area contributed by atoms with Crippen molar-refractivity contribution in [3.8, 4) is 67.5 Å². The Bertz CT molecular complexity index is 2830. The SMILES string of the molecule is [B]c1c([B])c([B])c(-c2nc(-c3ccccc3)nc(-c3cccc4oc5ccc(-c6ccc(-c7ccc(-c8ccccc8)cc7)cc6)cc5c34)n2)c([B])c1[B]. The van der Waals surface area contributed by atoms with Crippen LogP contribution in [0.15, 0.2) is 150 Å². The van der Waals surface area contributed by atoms with E-state index in [-0.39, 0.29) is 33.1 Å². The van der Waals surface area contributed by atoms with Crippen LogP contribution in [0.4, 0.5) is 0 Å². The summed E-state index contributed by atoms with van der Waals surface area (Å²) in [6, 6.07) is 49.3. The molecule has 54 heavy (non-hydrogen) atoms. The molecule has 0 N–H and O–H groups in total. The molecule has 0 fully saturated rings. The molecule has 0 unspecified atom stereocenters. The van der Waals surface area contributed by atoms with E-state index in [1.165, 1.54) is 11.1 Å². The van der Waals surface area contributed by atoms with Gasteiger partial charge in [0.1, 0.15) is 50.4 Å². The van der Waals surface area contributed by atoms with Crippen LogP contribution in [0.25, 0.3) is 89.5 Å². The second-order valence-electron chi connectivity index (χ2n) is 13.1. The van der Waals surface area contributed by atoms with Crippen LogP contribution in [0.3, 0.4) is 0 Å². The number of furan rings is 1. The summed E-state index contributed by atoms with van der Waals surface area (Å²) in [5.74, 6) is 1.03. The molecule has 240 valence electrons. The zero-order chi connectivity index (χ0) is 36.9. The molecule has 9 rings (SSSR count). The Kier molecular flexibility index (Phi) is 8.43. The topological polar surface area (TPSA) is 51.8 Å². The molecule has 0 saturated carbocycles. The lowest BCUT2D eigenvalue weighted by Gasteiger charge is -2.20. The van der Waals surface area contributed by atoms with Crippen LogP contribution in [0.2, 0.25) is 0 Å². The second kappa shape index (κ2) is 13.6. The molecule has 2 heterocycles. The van der Waals surface area contributed by atoms with Crippen LogP contribution >= 0.6 is 0 Å². The molecule has 0 spiro atoms. The monoisotopic (exact) mass is 677 g/mol. The van der Waals surface area contributed by atoms with Crippen molar-refractivity contribution in [2.75, 3.05) is 0 Å². The van der Waals surface area contributed by atoms with Gasteiger partial charge in [0.25, 0.3) is 0 Å². The van der Waals surface area contributed by atoms with Gasteiger partial charge in [-0.1, -0.05) is 138 Å². The lowest BCUT2D eigenvalue weighted by atomic mass is 9.60. The maximum atomic E-state index is 6.50. The molecule has 0 atom stereocenters. The minimum atomic E-state index is 0.115. The van der Waals surface area contributed by atoms with E-state index in [0.29, 0.717) is 22.8 Å². The van der Waals surface area contributed by atoms with Gasteiger partial charge < -0.3 is 4.42 Å². The molecular formula is C45H24B5N3O. The fourth-order valence-electron chi connectivity index (χ4n) is 6.95. The van der Waals surface area contributed by atoms with Gasteiger partial charge in [0.2, 0.25) is 0 Å². The second-order valence-corrected chi connectivity index (χ2v) is 13.1. The number of aromatic nitrogens is 3.